The fourth-order valence-corrected chi connectivity index (χ4v) is 2.90. The molecule has 26 heavy (non-hydrogen) atoms. The Morgan fingerprint density at radius 3 is 1.85 bits per heavy atom. The SMILES string of the molecule is CN(C)C(C)(C)C(=O)c1ccc2c(c1)C(=O)C(=O)c1ccccc1C2=O. The van der Waals surface area contributed by atoms with Gasteiger partial charge >= 0.3 is 0 Å². The summed E-state index contributed by atoms with van der Waals surface area (Å²) < 4.78 is 0. The van der Waals surface area contributed by atoms with Crippen LogP contribution in [0.1, 0.15) is 60.8 Å². The Morgan fingerprint density at radius 2 is 1.27 bits per heavy atom. The van der Waals surface area contributed by atoms with Crippen molar-refractivity contribution in [3.63, 3.8) is 0 Å². The van der Waals surface area contributed by atoms with E-state index >= 15 is 0 Å². The average Bonchev–Trinajstić information content (AvgIpc) is 2.71. The molecule has 0 radical (unpaired) electrons. The fourth-order valence-electron chi connectivity index (χ4n) is 2.90. The highest BCUT2D eigenvalue weighted by Gasteiger charge is 2.35. The van der Waals surface area contributed by atoms with Gasteiger partial charge in [0.25, 0.3) is 0 Å². The molecule has 3 rings (SSSR count). The number of rotatable bonds is 3. The molecule has 2 aromatic rings. The Kier molecular flexibility index (Phi) is 4.20. The van der Waals surface area contributed by atoms with Crippen molar-refractivity contribution in [2.75, 3.05) is 14.1 Å². The van der Waals surface area contributed by atoms with Crippen molar-refractivity contribution in [1.82, 2.24) is 4.90 Å². The number of ketones is 4. The van der Waals surface area contributed by atoms with Crippen LogP contribution in [0.15, 0.2) is 42.5 Å². The molecule has 0 aromatic heterocycles. The van der Waals surface area contributed by atoms with Crippen molar-refractivity contribution in [2.45, 2.75) is 19.4 Å². The minimum atomic E-state index is -0.793. The van der Waals surface area contributed by atoms with E-state index in [2.05, 4.69) is 0 Å². The van der Waals surface area contributed by atoms with E-state index in [4.69, 9.17) is 0 Å². The van der Waals surface area contributed by atoms with E-state index in [1.54, 1.807) is 45.0 Å². The quantitative estimate of drug-likeness (QED) is 0.629. The zero-order chi connectivity index (χ0) is 19.2. The number of nitrogens with zero attached hydrogens (tertiary/aromatic N) is 1. The number of fused-ring (bicyclic) bond motifs is 2. The first-order chi connectivity index (χ1) is 12.2. The second-order valence-electron chi connectivity index (χ2n) is 7.08. The van der Waals surface area contributed by atoms with Gasteiger partial charge in [-0.25, -0.2) is 0 Å². The monoisotopic (exact) mass is 349 g/mol. The molecular formula is C21H19NO4. The molecule has 0 saturated carbocycles. The first-order valence-electron chi connectivity index (χ1n) is 8.25. The maximum Gasteiger partial charge on any atom is 0.234 e. The first kappa shape index (κ1) is 17.9. The van der Waals surface area contributed by atoms with Crippen LogP contribution >= 0.6 is 0 Å². The van der Waals surface area contributed by atoms with Crippen LogP contribution < -0.4 is 0 Å². The predicted octanol–water partition coefficient (Wildman–Crippen LogP) is 2.82. The molecule has 0 aliphatic heterocycles. The highest BCUT2D eigenvalue weighted by atomic mass is 16.2. The largest absolute Gasteiger partial charge is 0.297 e. The normalized spacial score (nSPS) is 14.1. The summed E-state index contributed by atoms with van der Waals surface area (Å²) in [5, 5.41) is 0. The smallest absolute Gasteiger partial charge is 0.234 e. The van der Waals surface area contributed by atoms with Gasteiger partial charge < -0.3 is 0 Å². The highest BCUT2D eigenvalue weighted by Crippen LogP contribution is 2.27. The van der Waals surface area contributed by atoms with Crippen molar-refractivity contribution in [2.24, 2.45) is 0 Å². The Hall–Kier alpha value is -2.92. The number of hydrogen-bond donors (Lipinski definition) is 0. The lowest BCUT2D eigenvalue weighted by molar-refractivity contribution is 0.0754. The van der Waals surface area contributed by atoms with Gasteiger partial charge in [0.1, 0.15) is 0 Å². The van der Waals surface area contributed by atoms with Crippen LogP contribution in [0.25, 0.3) is 0 Å². The molecule has 0 unspecified atom stereocenters. The second-order valence-corrected chi connectivity index (χ2v) is 7.08. The maximum absolute atomic E-state index is 12.8. The van der Waals surface area contributed by atoms with E-state index in [1.165, 1.54) is 30.3 Å². The zero-order valence-corrected chi connectivity index (χ0v) is 15.1. The van der Waals surface area contributed by atoms with Crippen molar-refractivity contribution >= 4 is 23.1 Å². The number of benzene rings is 2. The molecule has 0 N–H and O–H groups in total. The van der Waals surface area contributed by atoms with Crippen LogP contribution in [0.2, 0.25) is 0 Å². The number of carbonyl (C=O) groups is 4. The summed E-state index contributed by atoms with van der Waals surface area (Å²) in [5.74, 6) is -2.08. The minimum Gasteiger partial charge on any atom is -0.297 e. The molecule has 2 aromatic carbocycles. The van der Waals surface area contributed by atoms with Gasteiger partial charge in [0.15, 0.2) is 11.6 Å². The second kappa shape index (κ2) is 6.11. The van der Waals surface area contributed by atoms with E-state index in [1.807, 2.05) is 0 Å². The van der Waals surface area contributed by atoms with Gasteiger partial charge in [0.05, 0.1) is 5.54 Å². The molecule has 1 aliphatic carbocycles. The van der Waals surface area contributed by atoms with Crippen LogP contribution in [0.5, 0.6) is 0 Å². The summed E-state index contributed by atoms with van der Waals surface area (Å²) in [5.41, 5.74) is -0.0668. The Labute approximate surface area is 151 Å². The number of Topliss-reactive ketones (excluding diaryl/α,β-unsaturated/α-hetero) is 3. The van der Waals surface area contributed by atoms with Gasteiger partial charge in [0.2, 0.25) is 11.6 Å². The van der Waals surface area contributed by atoms with Gasteiger partial charge in [-0.15, -0.1) is 0 Å². The topological polar surface area (TPSA) is 71.5 Å². The lowest BCUT2D eigenvalue weighted by atomic mass is 9.88. The van der Waals surface area contributed by atoms with E-state index in [0.29, 0.717) is 5.56 Å². The third-order valence-corrected chi connectivity index (χ3v) is 5.07. The Balaban J connectivity index is 2.17. The van der Waals surface area contributed by atoms with Gasteiger partial charge in [-0.1, -0.05) is 30.3 Å². The minimum absolute atomic E-state index is 0.0170. The molecule has 5 nitrogen and oxygen atoms in total. The lowest BCUT2D eigenvalue weighted by Gasteiger charge is -2.31. The maximum atomic E-state index is 12.8. The van der Waals surface area contributed by atoms with E-state index in [-0.39, 0.29) is 33.8 Å². The van der Waals surface area contributed by atoms with Crippen molar-refractivity contribution in [3.05, 3.63) is 70.3 Å². The number of carbonyl (C=O) groups excluding carboxylic acids is 4. The molecular weight excluding hydrogens is 330 g/mol. The zero-order valence-electron chi connectivity index (χ0n) is 15.1. The van der Waals surface area contributed by atoms with Crippen LogP contribution in [0.4, 0.5) is 0 Å². The Bertz CT molecular complexity index is 970. The van der Waals surface area contributed by atoms with Gasteiger partial charge in [-0.3, -0.25) is 24.1 Å². The van der Waals surface area contributed by atoms with E-state index in [9.17, 15) is 19.2 Å². The molecule has 0 saturated heterocycles. The summed E-state index contributed by atoms with van der Waals surface area (Å²) >= 11 is 0. The third kappa shape index (κ3) is 2.61. The molecule has 0 bridgehead atoms. The lowest BCUT2D eigenvalue weighted by Crippen LogP contribution is -2.45. The molecule has 132 valence electrons. The summed E-state index contributed by atoms with van der Waals surface area (Å²) in [7, 11) is 3.58. The third-order valence-electron chi connectivity index (χ3n) is 5.07. The molecule has 1 aliphatic rings. The summed E-state index contributed by atoms with van der Waals surface area (Å²) in [4.78, 5) is 52.6. The van der Waals surface area contributed by atoms with Crippen LogP contribution in [-0.2, 0) is 0 Å². The number of likely N-dealkylation sites (N-methyl/N-ethyl adjacent to an activating group) is 1. The van der Waals surface area contributed by atoms with Crippen LogP contribution in [-0.4, -0.2) is 47.7 Å². The van der Waals surface area contributed by atoms with Crippen molar-refractivity contribution in [3.8, 4) is 0 Å². The van der Waals surface area contributed by atoms with Gasteiger partial charge in [0, 0.05) is 27.8 Å². The molecule has 0 fully saturated rings. The summed E-state index contributed by atoms with van der Waals surface area (Å²) in [6.45, 7) is 3.55. The summed E-state index contributed by atoms with van der Waals surface area (Å²) in [6.07, 6.45) is 0. The molecule has 5 heteroatoms. The van der Waals surface area contributed by atoms with Gasteiger partial charge in [-0.2, -0.15) is 0 Å². The predicted molar refractivity (Wildman–Crippen MR) is 97.1 cm³/mol. The highest BCUT2D eigenvalue weighted by molar-refractivity contribution is 6.53. The molecule has 0 atom stereocenters. The number of hydrogen-bond acceptors (Lipinski definition) is 5. The molecule has 0 spiro atoms. The van der Waals surface area contributed by atoms with E-state index < -0.39 is 17.1 Å². The fraction of sp³-hybridized carbons (Fsp3) is 0.238. The van der Waals surface area contributed by atoms with Gasteiger partial charge in [-0.05, 0) is 40.1 Å². The summed E-state index contributed by atoms with van der Waals surface area (Å²) in [6, 6.07) is 10.6. The Morgan fingerprint density at radius 1 is 0.769 bits per heavy atom. The molecule has 0 heterocycles. The first-order valence-corrected chi connectivity index (χ1v) is 8.25. The van der Waals surface area contributed by atoms with Crippen LogP contribution in [0, 0.1) is 0 Å². The van der Waals surface area contributed by atoms with Crippen LogP contribution in [0.3, 0.4) is 0 Å². The standard InChI is InChI=1S/C21H19NO4/c1-21(2,22(3)4)20(26)12-9-10-15-16(11-12)19(25)18(24)14-8-6-5-7-13(14)17(15)23/h5-11H,1-4H3. The molecule has 0 amide bonds. The van der Waals surface area contributed by atoms with E-state index in [0.717, 1.165) is 0 Å². The van der Waals surface area contributed by atoms with Crippen molar-refractivity contribution < 1.29 is 19.2 Å². The average molecular weight is 349 g/mol. The van der Waals surface area contributed by atoms with Crippen molar-refractivity contribution in [1.29, 1.82) is 0 Å².